The number of anilines is 1. The Kier molecular flexibility index (Phi) is 5.79. The summed E-state index contributed by atoms with van der Waals surface area (Å²) in [6, 6.07) is 5.57. The Labute approximate surface area is 105 Å². The Morgan fingerprint density at radius 2 is 2.06 bits per heavy atom. The van der Waals surface area contributed by atoms with Gasteiger partial charge in [-0.05, 0) is 25.2 Å². The fraction of sp³-hybridized carbons (Fsp3) is 0.333. The van der Waals surface area contributed by atoms with E-state index in [2.05, 4.69) is 16.0 Å². The number of carbonyl (C=O) groups is 2. The molecule has 0 saturated carbocycles. The lowest BCUT2D eigenvalue weighted by Crippen LogP contribution is -2.34. The molecule has 6 heteroatoms. The molecule has 0 radical (unpaired) electrons. The van der Waals surface area contributed by atoms with Crippen LogP contribution in [0.1, 0.15) is 6.42 Å². The Morgan fingerprint density at radius 1 is 1.28 bits per heavy atom. The van der Waals surface area contributed by atoms with Gasteiger partial charge >= 0.3 is 0 Å². The van der Waals surface area contributed by atoms with Crippen LogP contribution in [0.3, 0.4) is 0 Å². The van der Waals surface area contributed by atoms with Crippen molar-refractivity contribution in [3.8, 4) is 0 Å². The van der Waals surface area contributed by atoms with Gasteiger partial charge in [-0.1, -0.05) is 6.07 Å². The predicted molar refractivity (Wildman–Crippen MR) is 66.6 cm³/mol. The SMILES string of the molecule is CNCCC(=O)NCC(=O)Nc1cccc(F)c1. The number of nitrogens with one attached hydrogen (secondary N) is 3. The summed E-state index contributed by atoms with van der Waals surface area (Å²) in [7, 11) is 1.74. The molecule has 1 aromatic carbocycles. The van der Waals surface area contributed by atoms with E-state index in [1.807, 2.05) is 0 Å². The van der Waals surface area contributed by atoms with E-state index in [0.717, 1.165) is 0 Å². The zero-order chi connectivity index (χ0) is 13.4. The van der Waals surface area contributed by atoms with Gasteiger partial charge in [-0.15, -0.1) is 0 Å². The standard InChI is InChI=1S/C12H16FN3O2/c1-14-6-5-11(17)15-8-12(18)16-10-4-2-3-9(13)7-10/h2-4,7,14H,5-6,8H2,1H3,(H,15,17)(H,16,18). The van der Waals surface area contributed by atoms with Gasteiger partial charge in [0.1, 0.15) is 5.82 Å². The number of benzene rings is 1. The van der Waals surface area contributed by atoms with Crippen molar-refractivity contribution in [3.63, 3.8) is 0 Å². The molecule has 5 nitrogen and oxygen atoms in total. The smallest absolute Gasteiger partial charge is 0.243 e. The van der Waals surface area contributed by atoms with E-state index in [-0.39, 0.29) is 12.5 Å². The number of hydrogen-bond acceptors (Lipinski definition) is 3. The molecular weight excluding hydrogens is 237 g/mol. The van der Waals surface area contributed by atoms with Crippen LogP contribution in [-0.4, -0.2) is 32.0 Å². The molecule has 18 heavy (non-hydrogen) atoms. The van der Waals surface area contributed by atoms with E-state index in [0.29, 0.717) is 18.7 Å². The maximum atomic E-state index is 12.8. The molecule has 0 aliphatic carbocycles. The molecule has 3 N–H and O–H groups in total. The molecule has 0 aliphatic heterocycles. The van der Waals surface area contributed by atoms with Gasteiger partial charge in [-0.2, -0.15) is 0 Å². The van der Waals surface area contributed by atoms with Gasteiger partial charge in [0, 0.05) is 18.7 Å². The van der Waals surface area contributed by atoms with Gasteiger partial charge in [0.2, 0.25) is 11.8 Å². The van der Waals surface area contributed by atoms with Gasteiger partial charge in [0.15, 0.2) is 0 Å². The summed E-state index contributed by atoms with van der Waals surface area (Å²) in [6.45, 7) is 0.427. The lowest BCUT2D eigenvalue weighted by atomic mass is 10.3. The topological polar surface area (TPSA) is 70.2 Å². The van der Waals surface area contributed by atoms with Crippen LogP contribution >= 0.6 is 0 Å². The molecular formula is C12H16FN3O2. The van der Waals surface area contributed by atoms with E-state index < -0.39 is 11.7 Å². The van der Waals surface area contributed by atoms with Gasteiger partial charge in [0.05, 0.1) is 6.54 Å². The number of halogens is 1. The van der Waals surface area contributed by atoms with E-state index in [1.54, 1.807) is 13.1 Å². The van der Waals surface area contributed by atoms with Gasteiger partial charge < -0.3 is 16.0 Å². The maximum Gasteiger partial charge on any atom is 0.243 e. The number of hydrogen-bond donors (Lipinski definition) is 3. The minimum atomic E-state index is -0.425. The van der Waals surface area contributed by atoms with E-state index >= 15 is 0 Å². The Morgan fingerprint density at radius 3 is 2.72 bits per heavy atom. The van der Waals surface area contributed by atoms with Crippen LogP contribution in [0.5, 0.6) is 0 Å². The number of carbonyl (C=O) groups excluding carboxylic acids is 2. The average Bonchev–Trinajstić information content (AvgIpc) is 2.34. The number of amides is 2. The van der Waals surface area contributed by atoms with Crippen molar-refractivity contribution in [2.45, 2.75) is 6.42 Å². The molecule has 0 unspecified atom stereocenters. The van der Waals surface area contributed by atoms with E-state index in [1.165, 1.54) is 18.2 Å². The van der Waals surface area contributed by atoms with Crippen LogP contribution in [0.4, 0.5) is 10.1 Å². The summed E-state index contributed by atoms with van der Waals surface area (Å²) in [5.74, 6) is -1.02. The van der Waals surface area contributed by atoms with Crippen LogP contribution in [0.2, 0.25) is 0 Å². The van der Waals surface area contributed by atoms with Crippen LogP contribution in [0, 0.1) is 5.82 Å². The summed E-state index contributed by atoms with van der Waals surface area (Å²) in [4.78, 5) is 22.7. The zero-order valence-corrected chi connectivity index (χ0v) is 10.1. The summed E-state index contributed by atoms with van der Waals surface area (Å²) in [5, 5.41) is 7.78. The Bertz CT molecular complexity index is 424. The van der Waals surface area contributed by atoms with E-state index in [4.69, 9.17) is 0 Å². The number of rotatable bonds is 6. The molecule has 0 fully saturated rings. The normalized spacial score (nSPS) is 9.89. The maximum absolute atomic E-state index is 12.8. The molecule has 1 rings (SSSR count). The lowest BCUT2D eigenvalue weighted by Gasteiger charge is -2.06. The first-order valence-corrected chi connectivity index (χ1v) is 5.58. The Hall–Kier alpha value is -1.95. The van der Waals surface area contributed by atoms with E-state index in [9.17, 15) is 14.0 Å². The highest BCUT2D eigenvalue weighted by Crippen LogP contribution is 2.08. The molecule has 2 amide bonds. The highest BCUT2D eigenvalue weighted by atomic mass is 19.1. The minimum absolute atomic E-state index is 0.126. The summed E-state index contributed by atoms with van der Waals surface area (Å²) < 4.78 is 12.8. The van der Waals surface area contributed by atoms with Crippen LogP contribution in [0.15, 0.2) is 24.3 Å². The third kappa shape index (κ3) is 5.40. The van der Waals surface area contributed by atoms with Crippen molar-refractivity contribution >= 4 is 17.5 Å². The van der Waals surface area contributed by atoms with Gasteiger partial charge in [0.25, 0.3) is 0 Å². The quantitative estimate of drug-likeness (QED) is 0.691. The van der Waals surface area contributed by atoms with Crippen molar-refractivity contribution in [2.24, 2.45) is 0 Å². The second kappa shape index (κ2) is 7.39. The summed E-state index contributed by atoms with van der Waals surface area (Å²) in [6.07, 6.45) is 0.309. The first kappa shape index (κ1) is 14.1. The van der Waals surface area contributed by atoms with Crippen molar-refractivity contribution in [2.75, 3.05) is 25.5 Å². The highest BCUT2D eigenvalue weighted by Gasteiger charge is 2.05. The molecule has 0 atom stereocenters. The van der Waals surface area contributed by atoms with Gasteiger partial charge in [-0.3, -0.25) is 9.59 Å². The zero-order valence-electron chi connectivity index (χ0n) is 10.1. The molecule has 0 heterocycles. The van der Waals surface area contributed by atoms with Crippen molar-refractivity contribution in [3.05, 3.63) is 30.1 Å². The second-order valence-corrected chi connectivity index (χ2v) is 3.69. The molecule has 98 valence electrons. The predicted octanol–water partition coefficient (Wildman–Crippen LogP) is 0.490. The van der Waals surface area contributed by atoms with Gasteiger partial charge in [-0.25, -0.2) is 4.39 Å². The van der Waals surface area contributed by atoms with Crippen molar-refractivity contribution < 1.29 is 14.0 Å². The van der Waals surface area contributed by atoms with Crippen molar-refractivity contribution in [1.82, 2.24) is 10.6 Å². The molecule has 1 aromatic rings. The third-order valence-corrected chi connectivity index (χ3v) is 2.16. The third-order valence-electron chi connectivity index (χ3n) is 2.16. The van der Waals surface area contributed by atoms with Crippen LogP contribution in [0.25, 0.3) is 0 Å². The first-order valence-electron chi connectivity index (χ1n) is 5.58. The molecule has 0 aromatic heterocycles. The Balaban J connectivity index is 2.31. The molecule has 0 aliphatic rings. The summed E-state index contributed by atoms with van der Waals surface area (Å²) in [5.41, 5.74) is 0.365. The lowest BCUT2D eigenvalue weighted by molar-refractivity contribution is -0.124. The molecule has 0 spiro atoms. The second-order valence-electron chi connectivity index (χ2n) is 3.69. The molecule has 0 saturated heterocycles. The monoisotopic (exact) mass is 253 g/mol. The largest absolute Gasteiger partial charge is 0.347 e. The molecule has 0 bridgehead atoms. The minimum Gasteiger partial charge on any atom is -0.347 e. The fourth-order valence-electron chi connectivity index (χ4n) is 1.28. The highest BCUT2D eigenvalue weighted by molar-refractivity contribution is 5.94. The van der Waals surface area contributed by atoms with Crippen LogP contribution in [-0.2, 0) is 9.59 Å². The average molecular weight is 253 g/mol. The van der Waals surface area contributed by atoms with Crippen LogP contribution < -0.4 is 16.0 Å². The van der Waals surface area contributed by atoms with Crippen molar-refractivity contribution in [1.29, 1.82) is 0 Å². The fourth-order valence-corrected chi connectivity index (χ4v) is 1.28. The first-order chi connectivity index (χ1) is 8.61. The summed E-state index contributed by atoms with van der Waals surface area (Å²) >= 11 is 0.